The van der Waals surface area contributed by atoms with Crippen LogP contribution in [-0.4, -0.2) is 60.5 Å². The molecule has 12 heteroatoms. The second kappa shape index (κ2) is 10.6. The van der Waals surface area contributed by atoms with E-state index in [1.165, 1.54) is 0 Å². The number of hydrogen-bond acceptors (Lipinski definition) is 8. The molecule has 4 aromatic rings. The standard InChI is InChI=1S/C30H36ClN7O4/c1-29(2,3)42-28(39)33-14-18-13-21(24-23(18)40-30(4,5)41-24)38-16-19(22-25(32)34-27(31)35-26(22)38)20-11-12-37(36-20)15-17-9-7-6-8-10-17/h6-12,16,18,21,23-24H,13-15H2,1-5H3,(H,33,39)(H2,32,34,35)/t18-,21-,23-,24+/m1/s1. The van der Waals surface area contributed by atoms with Crippen LogP contribution in [0.4, 0.5) is 10.6 Å². The van der Waals surface area contributed by atoms with Crippen molar-refractivity contribution in [3.8, 4) is 11.3 Å². The predicted molar refractivity (Wildman–Crippen MR) is 159 cm³/mol. The lowest BCUT2D eigenvalue weighted by Crippen LogP contribution is -2.38. The summed E-state index contributed by atoms with van der Waals surface area (Å²) in [5.74, 6) is -0.542. The quantitative estimate of drug-likeness (QED) is 0.292. The van der Waals surface area contributed by atoms with Gasteiger partial charge in [0.1, 0.15) is 23.2 Å². The van der Waals surface area contributed by atoms with Gasteiger partial charge in [-0.25, -0.2) is 9.78 Å². The van der Waals surface area contributed by atoms with Crippen LogP contribution < -0.4 is 11.1 Å². The number of hydrogen-bond donors (Lipinski definition) is 2. The number of halogens is 1. The first kappa shape index (κ1) is 28.4. The van der Waals surface area contributed by atoms with Crippen LogP contribution in [0, 0.1) is 5.92 Å². The molecular formula is C30H36ClN7O4. The third kappa shape index (κ3) is 5.68. The van der Waals surface area contributed by atoms with Crippen LogP contribution in [0.1, 0.15) is 52.6 Å². The minimum atomic E-state index is -0.786. The Morgan fingerprint density at radius 2 is 1.90 bits per heavy atom. The van der Waals surface area contributed by atoms with Gasteiger partial charge in [-0.15, -0.1) is 0 Å². The molecule has 1 amide bonds. The highest BCUT2D eigenvalue weighted by Crippen LogP contribution is 2.48. The molecule has 1 aromatic carbocycles. The van der Waals surface area contributed by atoms with Crippen molar-refractivity contribution in [1.82, 2.24) is 29.6 Å². The van der Waals surface area contributed by atoms with Crippen molar-refractivity contribution in [1.29, 1.82) is 0 Å². The Hall–Kier alpha value is -3.67. The number of carbonyl (C=O) groups is 1. The molecule has 1 saturated carbocycles. The number of nitrogen functional groups attached to an aromatic ring is 1. The number of nitrogens with one attached hydrogen (secondary N) is 1. The summed E-state index contributed by atoms with van der Waals surface area (Å²) in [7, 11) is 0. The van der Waals surface area contributed by atoms with E-state index in [0.717, 1.165) is 16.8 Å². The van der Waals surface area contributed by atoms with Gasteiger partial charge >= 0.3 is 6.09 Å². The van der Waals surface area contributed by atoms with E-state index in [1.807, 2.05) is 76.0 Å². The summed E-state index contributed by atoms with van der Waals surface area (Å²) < 4.78 is 22.2. The number of aromatic nitrogens is 5. The molecule has 0 radical (unpaired) electrons. The van der Waals surface area contributed by atoms with Gasteiger partial charge in [0.15, 0.2) is 5.79 Å². The molecule has 222 valence electrons. The van der Waals surface area contributed by atoms with E-state index in [4.69, 9.17) is 36.6 Å². The Kier molecular flexibility index (Phi) is 7.15. The first-order valence-electron chi connectivity index (χ1n) is 14.1. The summed E-state index contributed by atoms with van der Waals surface area (Å²) in [6.07, 6.45) is 3.60. The van der Waals surface area contributed by atoms with E-state index >= 15 is 0 Å². The summed E-state index contributed by atoms with van der Waals surface area (Å²) in [4.78, 5) is 21.3. The van der Waals surface area contributed by atoms with Crippen molar-refractivity contribution in [2.45, 2.75) is 77.2 Å². The van der Waals surface area contributed by atoms with Crippen molar-refractivity contribution < 1.29 is 19.0 Å². The van der Waals surface area contributed by atoms with Crippen molar-refractivity contribution in [2.24, 2.45) is 5.92 Å². The van der Waals surface area contributed by atoms with Gasteiger partial charge < -0.3 is 29.8 Å². The van der Waals surface area contributed by atoms with Crippen molar-refractivity contribution in [3.63, 3.8) is 0 Å². The minimum Gasteiger partial charge on any atom is -0.444 e. The smallest absolute Gasteiger partial charge is 0.407 e. The second-order valence-electron chi connectivity index (χ2n) is 12.4. The van der Waals surface area contributed by atoms with Crippen LogP contribution in [-0.2, 0) is 20.8 Å². The summed E-state index contributed by atoms with van der Waals surface area (Å²) in [6, 6.07) is 11.9. The normalized spacial score (nSPS) is 23.3. The average molecular weight is 594 g/mol. The fourth-order valence-corrected chi connectivity index (χ4v) is 6.19. The summed E-state index contributed by atoms with van der Waals surface area (Å²) in [6.45, 7) is 10.3. The van der Waals surface area contributed by atoms with Crippen LogP contribution in [0.5, 0.6) is 0 Å². The number of benzene rings is 1. The van der Waals surface area contributed by atoms with Gasteiger partial charge in [0, 0.05) is 30.4 Å². The molecule has 2 aliphatic rings. The van der Waals surface area contributed by atoms with E-state index in [2.05, 4.69) is 32.0 Å². The maximum absolute atomic E-state index is 12.4. The third-order valence-electron chi connectivity index (χ3n) is 7.59. The zero-order valence-corrected chi connectivity index (χ0v) is 25.1. The Morgan fingerprint density at radius 1 is 1.17 bits per heavy atom. The number of alkyl carbamates (subject to hydrolysis) is 1. The molecule has 42 heavy (non-hydrogen) atoms. The molecule has 1 aliphatic carbocycles. The highest BCUT2D eigenvalue weighted by Gasteiger charge is 2.55. The van der Waals surface area contributed by atoms with Crippen LogP contribution in [0.25, 0.3) is 22.3 Å². The third-order valence-corrected chi connectivity index (χ3v) is 7.76. The Balaban J connectivity index is 1.34. The molecule has 3 aromatic heterocycles. The fourth-order valence-electron chi connectivity index (χ4n) is 6.02. The van der Waals surface area contributed by atoms with Gasteiger partial charge in [-0.1, -0.05) is 30.3 Å². The molecule has 6 rings (SSSR count). The fraction of sp³-hybridized carbons (Fsp3) is 0.467. The summed E-state index contributed by atoms with van der Waals surface area (Å²) in [5.41, 5.74) is 9.14. The molecule has 0 unspecified atom stereocenters. The number of fused-ring (bicyclic) bond motifs is 2. The Morgan fingerprint density at radius 3 is 2.64 bits per heavy atom. The maximum Gasteiger partial charge on any atom is 0.407 e. The van der Waals surface area contributed by atoms with Gasteiger partial charge in [-0.3, -0.25) is 4.68 Å². The van der Waals surface area contributed by atoms with Crippen molar-refractivity contribution >= 4 is 34.5 Å². The summed E-state index contributed by atoms with van der Waals surface area (Å²) >= 11 is 6.32. The van der Waals surface area contributed by atoms with Gasteiger partial charge in [0.2, 0.25) is 5.28 Å². The number of rotatable bonds is 6. The molecule has 2 fully saturated rings. The second-order valence-corrected chi connectivity index (χ2v) is 12.8. The lowest BCUT2D eigenvalue weighted by atomic mass is 10.1. The first-order chi connectivity index (χ1) is 19.9. The number of carbonyl (C=O) groups excluding carboxylic acids is 1. The topological polar surface area (TPSA) is 131 Å². The lowest BCUT2D eigenvalue weighted by molar-refractivity contribution is -0.160. The molecule has 4 heterocycles. The van der Waals surface area contributed by atoms with Gasteiger partial charge in [-0.05, 0) is 64.3 Å². The lowest BCUT2D eigenvalue weighted by Gasteiger charge is -2.25. The van der Waals surface area contributed by atoms with Crippen molar-refractivity contribution in [3.05, 3.63) is 59.6 Å². The number of anilines is 1. The SMILES string of the molecule is CC(C)(C)OC(=O)NC[C@H]1C[C@@H](n2cc(-c3ccn(Cc4ccccc4)n3)c3c(N)nc(Cl)nc32)[C@@H]2OC(C)(C)O[C@H]12. The van der Waals surface area contributed by atoms with Crippen molar-refractivity contribution in [2.75, 3.05) is 12.3 Å². The van der Waals surface area contributed by atoms with Crippen LogP contribution >= 0.6 is 11.6 Å². The zero-order valence-electron chi connectivity index (χ0n) is 24.4. The number of nitrogens with two attached hydrogens (primary N) is 1. The zero-order chi connectivity index (χ0) is 29.8. The van der Waals surface area contributed by atoms with E-state index in [-0.39, 0.29) is 35.3 Å². The number of nitrogens with zero attached hydrogens (tertiary/aromatic N) is 5. The molecule has 0 bridgehead atoms. The number of amides is 1. The molecule has 11 nitrogen and oxygen atoms in total. The first-order valence-corrected chi connectivity index (χ1v) is 14.5. The predicted octanol–water partition coefficient (Wildman–Crippen LogP) is 5.18. The van der Waals surface area contributed by atoms with E-state index in [1.54, 1.807) is 0 Å². The Labute approximate surface area is 249 Å². The highest BCUT2D eigenvalue weighted by atomic mass is 35.5. The maximum atomic E-state index is 12.4. The molecule has 3 N–H and O–H groups in total. The Bertz CT molecular complexity index is 1610. The molecule has 1 aliphatic heterocycles. The largest absolute Gasteiger partial charge is 0.444 e. The molecule has 0 spiro atoms. The van der Waals surface area contributed by atoms with Crippen LogP contribution in [0.15, 0.2) is 48.8 Å². The van der Waals surface area contributed by atoms with E-state index in [0.29, 0.717) is 30.5 Å². The van der Waals surface area contributed by atoms with Crippen LogP contribution in [0.2, 0.25) is 5.28 Å². The monoisotopic (exact) mass is 593 g/mol. The molecule has 1 saturated heterocycles. The van der Waals surface area contributed by atoms with Gasteiger partial charge in [-0.2, -0.15) is 10.1 Å². The molecular weight excluding hydrogens is 558 g/mol. The average Bonchev–Trinajstić information content (AvgIpc) is 3.64. The number of ether oxygens (including phenoxy) is 3. The van der Waals surface area contributed by atoms with Crippen LogP contribution in [0.3, 0.4) is 0 Å². The highest BCUT2D eigenvalue weighted by molar-refractivity contribution is 6.29. The van der Waals surface area contributed by atoms with E-state index in [9.17, 15) is 4.79 Å². The molecule has 4 atom stereocenters. The summed E-state index contributed by atoms with van der Waals surface area (Å²) in [5, 5.41) is 8.50. The van der Waals surface area contributed by atoms with Gasteiger partial charge in [0.05, 0.1) is 29.8 Å². The van der Waals surface area contributed by atoms with E-state index < -0.39 is 17.5 Å². The minimum absolute atomic E-state index is 0.0325. The van der Waals surface area contributed by atoms with Gasteiger partial charge in [0.25, 0.3) is 0 Å².